The van der Waals surface area contributed by atoms with Gasteiger partial charge in [-0.15, -0.1) is 0 Å². The maximum Gasteiger partial charge on any atom is 0.216 e. The molecule has 0 atom stereocenters. The zero-order chi connectivity index (χ0) is 13.2. The maximum absolute atomic E-state index is 5.10. The summed E-state index contributed by atoms with van der Waals surface area (Å²) >= 11 is 0. The van der Waals surface area contributed by atoms with Crippen LogP contribution in [-0.2, 0) is 13.0 Å². The van der Waals surface area contributed by atoms with Gasteiger partial charge in [-0.05, 0) is 6.92 Å². The smallest absolute Gasteiger partial charge is 0.216 e. The number of nitrogens with one attached hydrogen (secondary N) is 1. The van der Waals surface area contributed by atoms with Crippen molar-refractivity contribution in [3.63, 3.8) is 0 Å². The fraction of sp³-hybridized carbons (Fsp3) is 0.385. The number of aryl methyl sites for hydroxylation is 1. The quantitative estimate of drug-likeness (QED) is 0.861. The van der Waals surface area contributed by atoms with Crippen molar-refractivity contribution < 1.29 is 4.74 Å². The molecule has 19 heavy (non-hydrogen) atoms. The first kappa shape index (κ1) is 12.0. The summed E-state index contributed by atoms with van der Waals surface area (Å²) in [5, 5.41) is 3.33. The fourth-order valence-electron chi connectivity index (χ4n) is 2.20. The summed E-state index contributed by atoms with van der Waals surface area (Å²) in [5.74, 6) is 1.16. The Morgan fingerprint density at radius 2 is 2.16 bits per heavy atom. The van der Waals surface area contributed by atoms with E-state index in [9.17, 15) is 0 Å². The third kappa shape index (κ3) is 2.26. The Kier molecular flexibility index (Phi) is 3.08. The van der Waals surface area contributed by atoms with Gasteiger partial charge in [0, 0.05) is 36.8 Å². The van der Waals surface area contributed by atoms with E-state index in [0.29, 0.717) is 17.4 Å². The van der Waals surface area contributed by atoms with Gasteiger partial charge in [-0.1, -0.05) is 0 Å². The molecule has 3 heterocycles. The van der Waals surface area contributed by atoms with Crippen molar-refractivity contribution in [2.24, 2.45) is 0 Å². The Morgan fingerprint density at radius 3 is 3.00 bits per heavy atom. The first-order valence-corrected chi connectivity index (χ1v) is 6.21. The van der Waals surface area contributed by atoms with Crippen LogP contribution in [0.4, 0.5) is 0 Å². The zero-order valence-electron chi connectivity index (χ0n) is 11.0. The second-order valence-electron chi connectivity index (χ2n) is 4.43. The van der Waals surface area contributed by atoms with Crippen molar-refractivity contribution in [1.29, 1.82) is 0 Å². The van der Waals surface area contributed by atoms with Crippen LogP contribution in [0.3, 0.4) is 0 Å². The number of methoxy groups -OCH3 is 1. The molecular formula is C13H15N5O. The number of aromatic nitrogens is 4. The molecule has 0 unspecified atom stereocenters. The van der Waals surface area contributed by atoms with Crippen molar-refractivity contribution in [3.05, 3.63) is 29.3 Å². The van der Waals surface area contributed by atoms with Crippen molar-refractivity contribution in [3.8, 4) is 17.4 Å². The summed E-state index contributed by atoms with van der Waals surface area (Å²) in [7, 11) is 1.58. The standard InChI is InChI=1S/C13H15N5O/c1-8-9-6-14-4-3-10(9)18-13(17-8)11-5-12(19-2)16-7-15-11/h5,7,14H,3-4,6H2,1-2H3. The average Bonchev–Trinajstić information content (AvgIpc) is 2.47. The van der Waals surface area contributed by atoms with Crippen LogP contribution < -0.4 is 10.1 Å². The highest BCUT2D eigenvalue weighted by Crippen LogP contribution is 2.21. The van der Waals surface area contributed by atoms with Gasteiger partial charge in [-0.25, -0.2) is 19.9 Å². The van der Waals surface area contributed by atoms with E-state index in [1.807, 2.05) is 6.92 Å². The summed E-state index contributed by atoms with van der Waals surface area (Å²) in [6.07, 6.45) is 2.39. The minimum atomic E-state index is 0.519. The second kappa shape index (κ2) is 4.89. The van der Waals surface area contributed by atoms with Gasteiger partial charge >= 0.3 is 0 Å². The summed E-state index contributed by atoms with van der Waals surface area (Å²) < 4.78 is 5.10. The molecule has 0 amide bonds. The van der Waals surface area contributed by atoms with Crippen LogP contribution in [0.25, 0.3) is 11.5 Å². The van der Waals surface area contributed by atoms with E-state index >= 15 is 0 Å². The predicted molar refractivity (Wildman–Crippen MR) is 69.8 cm³/mol. The lowest BCUT2D eigenvalue weighted by atomic mass is 10.1. The second-order valence-corrected chi connectivity index (χ2v) is 4.43. The summed E-state index contributed by atoms with van der Waals surface area (Å²) in [6, 6.07) is 1.75. The van der Waals surface area contributed by atoms with Crippen molar-refractivity contribution in [2.75, 3.05) is 13.7 Å². The molecule has 6 heteroatoms. The number of nitrogens with zero attached hydrogens (tertiary/aromatic N) is 4. The van der Waals surface area contributed by atoms with Crippen molar-refractivity contribution in [2.45, 2.75) is 19.9 Å². The monoisotopic (exact) mass is 257 g/mol. The van der Waals surface area contributed by atoms with Gasteiger partial charge in [-0.2, -0.15) is 0 Å². The van der Waals surface area contributed by atoms with Gasteiger partial charge in [0.2, 0.25) is 5.88 Å². The first-order chi connectivity index (χ1) is 9.28. The molecule has 0 radical (unpaired) electrons. The Bertz CT molecular complexity index is 614. The lowest BCUT2D eigenvalue weighted by Gasteiger charge is -2.18. The zero-order valence-corrected chi connectivity index (χ0v) is 11.0. The molecule has 3 rings (SSSR count). The molecule has 6 nitrogen and oxygen atoms in total. The Balaban J connectivity index is 2.07. The van der Waals surface area contributed by atoms with E-state index < -0.39 is 0 Å². The molecule has 98 valence electrons. The average molecular weight is 257 g/mol. The molecule has 1 aliphatic rings. The molecule has 0 aliphatic carbocycles. The lowest BCUT2D eigenvalue weighted by molar-refractivity contribution is 0.397. The molecular weight excluding hydrogens is 242 g/mol. The fourth-order valence-corrected chi connectivity index (χ4v) is 2.20. The van der Waals surface area contributed by atoms with Gasteiger partial charge in [0.05, 0.1) is 12.8 Å². The number of fused-ring (bicyclic) bond motifs is 1. The van der Waals surface area contributed by atoms with Crippen LogP contribution in [0.15, 0.2) is 12.4 Å². The van der Waals surface area contributed by atoms with E-state index in [0.717, 1.165) is 30.9 Å². The normalized spacial score (nSPS) is 14.0. The van der Waals surface area contributed by atoms with E-state index in [-0.39, 0.29) is 0 Å². The molecule has 2 aromatic rings. The van der Waals surface area contributed by atoms with Crippen molar-refractivity contribution in [1.82, 2.24) is 25.3 Å². The van der Waals surface area contributed by atoms with Gasteiger partial charge in [0.15, 0.2) is 5.82 Å². The molecule has 0 saturated carbocycles. The minimum absolute atomic E-state index is 0.519. The van der Waals surface area contributed by atoms with Crippen LogP contribution in [0.5, 0.6) is 5.88 Å². The van der Waals surface area contributed by atoms with Gasteiger partial charge in [0.1, 0.15) is 12.0 Å². The molecule has 2 aromatic heterocycles. The highest BCUT2D eigenvalue weighted by atomic mass is 16.5. The first-order valence-electron chi connectivity index (χ1n) is 6.21. The summed E-state index contributed by atoms with van der Waals surface area (Å²) in [5.41, 5.74) is 4.01. The van der Waals surface area contributed by atoms with E-state index in [4.69, 9.17) is 4.74 Å². The third-order valence-corrected chi connectivity index (χ3v) is 3.22. The Morgan fingerprint density at radius 1 is 1.26 bits per heavy atom. The van der Waals surface area contributed by atoms with Gasteiger partial charge in [-0.3, -0.25) is 0 Å². The third-order valence-electron chi connectivity index (χ3n) is 3.22. The van der Waals surface area contributed by atoms with Crippen LogP contribution in [0.1, 0.15) is 17.0 Å². The summed E-state index contributed by atoms with van der Waals surface area (Å²) in [6.45, 7) is 3.81. The molecule has 0 saturated heterocycles. The number of rotatable bonds is 2. The summed E-state index contributed by atoms with van der Waals surface area (Å²) in [4.78, 5) is 17.4. The van der Waals surface area contributed by atoms with Crippen molar-refractivity contribution >= 4 is 0 Å². The topological polar surface area (TPSA) is 72.8 Å². The molecule has 0 spiro atoms. The SMILES string of the molecule is COc1cc(-c2nc(C)c3c(n2)CCNC3)ncn1. The van der Waals surface area contributed by atoms with E-state index in [2.05, 4.69) is 25.3 Å². The molecule has 1 N–H and O–H groups in total. The lowest BCUT2D eigenvalue weighted by Crippen LogP contribution is -2.26. The van der Waals surface area contributed by atoms with Crippen LogP contribution in [0.2, 0.25) is 0 Å². The van der Waals surface area contributed by atoms with Crippen LogP contribution >= 0.6 is 0 Å². The van der Waals surface area contributed by atoms with E-state index in [1.165, 1.54) is 11.9 Å². The highest BCUT2D eigenvalue weighted by molar-refractivity contribution is 5.51. The molecule has 0 bridgehead atoms. The maximum atomic E-state index is 5.10. The van der Waals surface area contributed by atoms with Crippen LogP contribution in [0, 0.1) is 6.92 Å². The van der Waals surface area contributed by atoms with E-state index in [1.54, 1.807) is 13.2 Å². The minimum Gasteiger partial charge on any atom is -0.481 e. The molecule has 0 fully saturated rings. The molecule has 0 aromatic carbocycles. The highest BCUT2D eigenvalue weighted by Gasteiger charge is 2.16. The van der Waals surface area contributed by atoms with Gasteiger partial charge in [0.25, 0.3) is 0 Å². The van der Waals surface area contributed by atoms with Gasteiger partial charge < -0.3 is 10.1 Å². The number of ether oxygens (including phenoxy) is 1. The predicted octanol–water partition coefficient (Wildman–Crippen LogP) is 0.896. The molecule has 1 aliphatic heterocycles. The number of hydrogen-bond donors (Lipinski definition) is 1. The largest absolute Gasteiger partial charge is 0.481 e. The Hall–Kier alpha value is -2.08. The van der Waals surface area contributed by atoms with Crippen LogP contribution in [-0.4, -0.2) is 33.6 Å². The Labute approximate surface area is 111 Å². The number of hydrogen-bond acceptors (Lipinski definition) is 6.